The molecule has 0 fully saturated rings. The molecule has 1 amide bonds. The molecule has 6 heteroatoms. The van der Waals surface area contributed by atoms with Gasteiger partial charge < -0.3 is 10.4 Å². The molecule has 1 aromatic rings. The fraction of sp³-hybridized carbons (Fsp3) is 0.364. The highest BCUT2D eigenvalue weighted by atomic mass is 32.1. The summed E-state index contributed by atoms with van der Waals surface area (Å²) in [5, 5.41) is 12.2. The molecule has 1 aromatic heterocycles. The van der Waals surface area contributed by atoms with Gasteiger partial charge in [-0.15, -0.1) is 11.3 Å². The van der Waals surface area contributed by atoms with Crippen LogP contribution in [0, 0.1) is 6.92 Å². The predicted octanol–water partition coefficient (Wildman–Crippen LogP) is 1.60. The molecule has 1 rings (SSSR count). The Labute approximate surface area is 103 Å². The number of nitrogens with zero attached hydrogens (tertiary/aromatic N) is 1. The minimum atomic E-state index is -1.04. The summed E-state index contributed by atoms with van der Waals surface area (Å²) < 4.78 is 0. The van der Waals surface area contributed by atoms with Crippen LogP contribution in [-0.2, 0) is 4.79 Å². The van der Waals surface area contributed by atoms with E-state index < -0.39 is 17.9 Å². The van der Waals surface area contributed by atoms with E-state index in [-0.39, 0.29) is 6.42 Å². The Balaban J connectivity index is 2.67. The van der Waals surface area contributed by atoms with Gasteiger partial charge in [-0.3, -0.25) is 4.79 Å². The second kappa shape index (κ2) is 6.15. The van der Waals surface area contributed by atoms with Crippen LogP contribution < -0.4 is 5.32 Å². The van der Waals surface area contributed by atoms with Gasteiger partial charge in [-0.2, -0.15) is 0 Å². The van der Waals surface area contributed by atoms with E-state index >= 15 is 0 Å². The molecule has 0 aliphatic carbocycles. The Morgan fingerprint density at radius 1 is 1.65 bits per heavy atom. The largest absolute Gasteiger partial charge is 0.480 e. The molecule has 1 unspecified atom stereocenters. The van der Waals surface area contributed by atoms with Crippen molar-refractivity contribution in [3.05, 3.63) is 28.2 Å². The summed E-state index contributed by atoms with van der Waals surface area (Å²) in [5.41, 5.74) is 0. The number of amides is 1. The number of carbonyl (C=O) groups is 2. The van der Waals surface area contributed by atoms with Gasteiger partial charge in [0.05, 0.1) is 11.2 Å². The SMILES string of the molecule is C/C=C/CC(NC(=O)c1cnc(C)s1)C(=O)O. The molecular weight excluding hydrogens is 240 g/mol. The van der Waals surface area contributed by atoms with Crippen molar-refractivity contribution in [2.45, 2.75) is 26.3 Å². The van der Waals surface area contributed by atoms with Crippen LogP contribution in [0.5, 0.6) is 0 Å². The van der Waals surface area contributed by atoms with Gasteiger partial charge >= 0.3 is 5.97 Å². The van der Waals surface area contributed by atoms with Crippen molar-refractivity contribution < 1.29 is 14.7 Å². The van der Waals surface area contributed by atoms with Gasteiger partial charge in [0.25, 0.3) is 5.91 Å². The third-order valence-corrected chi connectivity index (χ3v) is 2.97. The zero-order valence-corrected chi connectivity index (χ0v) is 10.5. The lowest BCUT2D eigenvalue weighted by molar-refractivity contribution is -0.139. The van der Waals surface area contributed by atoms with Crippen LogP contribution in [0.3, 0.4) is 0 Å². The third-order valence-electron chi connectivity index (χ3n) is 2.06. The van der Waals surface area contributed by atoms with E-state index in [1.54, 1.807) is 26.0 Å². The summed E-state index contributed by atoms with van der Waals surface area (Å²) in [6.45, 7) is 3.59. The number of hydrogen-bond donors (Lipinski definition) is 2. The minimum Gasteiger partial charge on any atom is -0.480 e. The van der Waals surface area contributed by atoms with E-state index in [1.807, 2.05) is 0 Å². The molecule has 0 aliphatic heterocycles. The molecule has 0 aliphatic rings. The summed E-state index contributed by atoms with van der Waals surface area (Å²) >= 11 is 1.24. The van der Waals surface area contributed by atoms with Crippen molar-refractivity contribution in [3.8, 4) is 0 Å². The second-order valence-corrected chi connectivity index (χ2v) is 4.65. The van der Waals surface area contributed by atoms with Gasteiger partial charge in [0.1, 0.15) is 10.9 Å². The zero-order valence-electron chi connectivity index (χ0n) is 9.64. The number of aromatic nitrogens is 1. The molecule has 1 atom stereocenters. The van der Waals surface area contributed by atoms with Crippen LogP contribution in [-0.4, -0.2) is 28.0 Å². The lowest BCUT2D eigenvalue weighted by Crippen LogP contribution is -2.40. The second-order valence-electron chi connectivity index (χ2n) is 3.41. The normalized spacial score (nSPS) is 12.6. The number of thiazole rings is 1. The lowest BCUT2D eigenvalue weighted by Gasteiger charge is -2.11. The highest BCUT2D eigenvalue weighted by molar-refractivity contribution is 7.13. The van der Waals surface area contributed by atoms with Crippen LogP contribution in [0.4, 0.5) is 0 Å². The molecule has 0 saturated carbocycles. The Morgan fingerprint density at radius 2 is 2.35 bits per heavy atom. The van der Waals surface area contributed by atoms with Crippen molar-refractivity contribution in [2.24, 2.45) is 0 Å². The fourth-order valence-electron chi connectivity index (χ4n) is 1.19. The Morgan fingerprint density at radius 3 is 2.82 bits per heavy atom. The first-order valence-electron chi connectivity index (χ1n) is 5.12. The Bertz CT molecular complexity index is 440. The van der Waals surface area contributed by atoms with Gasteiger partial charge in [-0.05, 0) is 20.3 Å². The van der Waals surface area contributed by atoms with E-state index in [4.69, 9.17) is 5.11 Å². The lowest BCUT2D eigenvalue weighted by atomic mass is 10.2. The first-order chi connectivity index (χ1) is 8.04. The van der Waals surface area contributed by atoms with Crippen molar-refractivity contribution in [1.29, 1.82) is 0 Å². The average Bonchev–Trinajstić information content (AvgIpc) is 2.70. The molecule has 92 valence electrons. The Hall–Kier alpha value is -1.69. The highest BCUT2D eigenvalue weighted by Crippen LogP contribution is 2.11. The number of allylic oxidation sites excluding steroid dienone is 1. The molecule has 0 radical (unpaired) electrons. The molecule has 5 nitrogen and oxygen atoms in total. The molecular formula is C11H14N2O3S. The number of nitrogens with one attached hydrogen (secondary N) is 1. The number of carboxylic acids is 1. The standard InChI is InChI=1S/C11H14N2O3S/c1-3-4-5-8(11(15)16)13-10(14)9-6-12-7(2)17-9/h3-4,6,8H,5H2,1-2H3,(H,13,14)(H,15,16)/b4-3+. The topological polar surface area (TPSA) is 79.3 Å². The zero-order chi connectivity index (χ0) is 12.8. The van der Waals surface area contributed by atoms with Crippen LogP contribution in [0.15, 0.2) is 18.3 Å². The summed E-state index contributed by atoms with van der Waals surface area (Å²) in [7, 11) is 0. The van der Waals surface area contributed by atoms with Crippen molar-refractivity contribution >= 4 is 23.2 Å². The first-order valence-corrected chi connectivity index (χ1v) is 5.93. The maximum atomic E-state index is 11.7. The van der Waals surface area contributed by atoms with Gasteiger partial charge in [0.2, 0.25) is 0 Å². The number of hydrogen-bond acceptors (Lipinski definition) is 4. The first kappa shape index (κ1) is 13.4. The maximum Gasteiger partial charge on any atom is 0.326 e. The van der Waals surface area contributed by atoms with Crippen LogP contribution in [0.1, 0.15) is 28.0 Å². The molecule has 2 N–H and O–H groups in total. The van der Waals surface area contributed by atoms with Crippen LogP contribution in [0.2, 0.25) is 0 Å². The number of carboxylic acid groups (broad SMARTS) is 1. The predicted molar refractivity (Wildman–Crippen MR) is 65.2 cm³/mol. The molecule has 0 spiro atoms. The van der Waals surface area contributed by atoms with Crippen LogP contribution in [0.25, 0.3) is 0 Å². The molecule has 17 heavy (non-hydrogen) atoms. The van der Waals surface area contributed by atoms with E-state index in [9.17, 15) is 9.59 Å². The fourth-order valence-corrected chi connectivity index (χ4v) is 1.87. The third kappa shape index (κ3) is 3.99. The van der Waals surface area contributed by atoms with Gasteiger partial charge in [-0.1, -0.05) is 12.2 Å². The van der Waals surface area contributed by atoms with Crippen molar-refractivity contribution in [3.63, 3.8) is 0 Å². The van der Waals surface area contributed by atoms with E-state index in [0.717, 1.165) is 5.01 Å². The average molecular weight is 254 g/mol. The van der Waals surface area contributed by atoms with Gasteiger partial charge in [0, 0.05) is 0 Å². The Kier molecular flexibility index (Phi) is 4.84. The van der Waals surface area contributed by atoms with E-state index in [0.29, 0.717) is 4.88 Å². The summed E-state index contributed by atoms with van der Waals surface area (Å²) in [6, 6.07) is -0.902. The smallest absolute Gasteiger partial charge is 0.326 e. The van der Waals surface area contributed by atoms with E-state index in [2.05, 4.69) is 10.3 Å². The number of rotatable bonds is 5. The number of carbonyl (C=O) groups excluding carboxylic acids is 1. The number of aliphatic carboxylic acids is 1. The van der Waals surface area contributed by atoms with Crippen LogP contribution >= 0.6 is 11.3 Å². The van der Waals surface area contributed by atoms with Gasteiger partial charge in [0.15, 0.2) is 0 Å². The van der Waals surface area contributed by atoms with Crippen molar-refractivity contribution in [2.75, 3.05) is 0 Å². The molecule has 1 heterocycles. The number of aryl methyl sites for hydroxylation is 1. The molecule has 0 saturated heterocycles. The molecule has 0 bridgehead atoms. The monoisotopic (exact) mass is 254 g/mol. The van der Waals surface area contributed by atoms with Gasteiger partial charge in [-0.25, -0.2) is 9.78 Å². The van der Waals surface area contributed by atoms with E-state index in [1.165, 1.54) is 17.5 Å². The highest BCUT2D eigenvalue weighted by Gasteiger charge is 2.20. The maximum absolute atomic E-state index is 11.7. The summed E-state index contributed by atoms with van der Waals surface area (Å²) in [4.78, 5) is 27.0. The summed E-state index contributed by atoms with van der Waals surface area (Å²) in [6.07, 6.45) is 5.18. The quantitative estimate of drug-likeness (QED) is 0.782. The van der Waals surface area contributed by atoms with Crippen molar-refractivity contribution in [1.82, 2.24) is 10.3 Å². The minimum absolute atomic E-state index is 0.273. The summed E-state index contributed by atoms with van der Waals surface area (Å²) in [5.74, 6) is -1.44. The molecule has 0 aromatic carbocycles.